The number of fused-ring (bicyclic) bond motifs is 1. The molecular weight excluding hydrogens is 224 g/mol. The summed E-state index contributed by atoms with van der Waals surface area (Å²) in [7, 11) is 0. The van der Waals surface area contributed by atoms with Crippen molar-refractivity contribution in [1.29, 1.82) is 0 Å². The zero-order valence-corrected chi connectivity index (χ0v) is 10.2. The molecule has 1 atom stereocenters. The van der Waals surface area contributed by atoms with Crippen LogP contribution in [-0.4, -0.2) is 11.7 Å². The van der Waals surface area contributed by atoms with Gasteiger partial charge in [0.05, 0.1) is 12.7 Å². The van der Waals surface area contributed by atoms with Crippen molar-refractivity contribution in [1.82, 2.24) is 0 Å². The Bertz CT molecular complexity index is 534. The van der Waals surface area contributed by atoms with Gasteiger partial charge >= 0.3 is 0 Å². The lowest BCUT2D eigenvalue weighted by Gasteiger charge is -2.12. The van der Waals surface area contributed by atoms with E-state index in [1.165, 1.54) is 5.56 Å². The number of rotatable bonds is 1. The number of aliphatic hydroxyl groups is 1. The van der Waals surface area contributed by atoms with Crippen LogP contribution < -0.4 is 4.74 Å². The molecule has 0 unspecified atom stereocenters. The first-order valence-corrected chi connectivity index (χ1v) is 6.35. The van der Waals surface area contributed by atoms with Gasteiger partial charge in [-0.05, 0) is 30.0 Å². The normalized spacial score (nSPS) is 18.6. The summed E-state index contributed by atoms with van der Waals surface area (Å²) >= 11 is 0. The van der Waals surface area contributed by atoms with Crippen molar-refractivity contribution in [3.63, 3.8) is 0 Å². The molecule has 0 bridgehead atoms. The molecule has 92 valence electrons. The molecule has 1 aliphatic rings. The van der Waals surface area contributed by atoms with E-state index in [1.807, 2.05) is 36.4 Å². The van der Waals surface area contributed by atoms with Crippen LogP contribution in [0.1, 0.15) is 24.5 Å². The molecule has 3 rings (SSSR count). The Hall–Kier alpha value is -1.80. The fourth-order valence-corrected chi connectivity index (χ4v) is 2.36. The lowest BCUT2D eigenvalue weighted by Crippen LogP contribution is -1.96. The minimum atomic E-state index is -0.396. The number of hydrogen-bond acceptors (Lipinski definition) is 2. The summed E-state index contributed by atoms with van der Waals surface area (Å²) < 4.78 is 5.72. The molecule has 1 N–H and O–H groups in total. The Morgan fingerprint density at radius 1 is 1.00 bits per heavy atom. The van der Waals surface area contributed by atoms with Crippen LogP contribution in [0.15, 0.2) is 48.5 Å². The summed E-state index contributed by atoms with van der Waals surface area (Å²) in [6, 6.07) is 16.3. The molecule has 0 aromatic heterocycles. The SMILES string of the molecule is O[C@@H]1CCCOc2cc(-c3ccccc3)ccc21. The quantitative estimate of drug-likeness (QED) is 0.825. The van der Waals surface area contributed by atoms with Crippen LogP contribution in [-0.2, 0) is 0 Å². The topological polar surface area (TPSA) is 29.5 Å². The van der Waals surface area contributed by atoms with E-state index in [0.29, 0.717) is 6.61 Å². The average Bonchev–Trinajstić information content (AvgIpc) is 2.61. The number of benzene rings is 2. The Labute approximate surface area is 107 Å². The first-order valence-electron chi connectivity index (χ1n) is 6.35. The molecule has 0 radical (unpaired) electrons. The molecule has 0 spiro atoms. The minimum absolute atomic E-state index is 0.396. The van der Waals surface area contributed by atoms with Crippen molar-refractivity contribution in [2.45, 2.75) is 18.9 Å². The maximum Gasteiger partial charge on any atom is 0.125 e. The standard InChI is InChI=1S/C16H16O2/c17-15-7-4-10-18-16-11-13(8-9-14(15)16)12-5-2-1-3-6-12/h1-3,5-6,8-9,11,15,17H,4,7,10H2/t15-/m1/s1. The molecular formula is C16H16O2. The first kappa shape index (κ1) is 11.3. The summed E-state index contributed by atoms with van der Waals surface area (Å²) in [4.78, 5) is 0. The van der Waals surface area contributed by atoms with Gasteiger partial charge < -0.3 is 9.84 Å². The van der Waals surface area contributed by atoms with Crippen LogP contribution in [0.4, 0.5) is 0 Å². The zero-order valence-electron chi connectivity index (χ0n) is 10.2. The third-order valence-corrected chi connectivity index (χ3v) is 3.36. The molecule has 1 heterocycles. The van der Waals surface area contributed by atoms with Gasteiger partial charge in [0.1, 0.15) is 5.75 Å². The monoisotopic (exact) mass is 240 g/mol. The van der Waals surface area contributed by atoms with Crippen molar-refractivity contribution in [3.8, 4) is 16.9 Å². The highest BCUT2D eigenvalue weighted by Crippen LogP contribution is 2.34. The maximum absolute atomic E-state index is 10.0. The maximum atomic E-state index is 10.0. The van der Waals surface area contributed by atoms with Gasteiger partial charge in [-0.2, -0.15) is 0 Å². The number of aliphatic hydroxyl groups excluding tert-OH is 1. The fraction of sp³-hybridized carbons (Fsp3) is 0.250. The molecule has 2 nitrogen and oxygen atoms in total. The number of ether oxygens (including phenoxy) is 1. The molecule has 2 heteroatoms. The van der Waals surface area contributed by atoms with Crippen molar-refractivity contribution in [3.05, 3.63) is 54.1 Å². The molecule has 1 aliphatic heterocycles. The van der Waals surface area contributed by atoms with Gasteiger partial charge in [-0.1, -0.05) is 42.5 Å². The highest BCUT2D eigenvalue weighted by molar-refractivity contribution is 5.66. The summed E-state index contributed by atoms with van der Waals surface area (Å²) in [6.45, 7) is 0.683. The largest absolute Gasteiger partial charge is 0.493 e. The minimum Gasteiger partial charge on any atom is -0.493 e. The third-order valence-electron chi connectivity index (χ3n) is 3.36. The lowest BCUT2D eigenvalue weighted by atomic mass is 9.99. The Morgan fingerprint density at radius 3 is 2.67 bits per heavy atom. The predicted octanol–water partition coefficient (Wildman–Crippen LogP) is 3.56. The highest BCUT2D eigenvalue weighted by atomic mass is 16.5. The molecule has 0 saturated carbocycles. The molecule has 0 amide bonds. The number of hydrogen-bond donors (Lipinski definition) is 1. The van der Waals surface area contributed by atoms with E-state index in [0.717, 1.165) is 29.7 Å². The second-order valence-electron chi connectivity index (χ2n) is 4.63. The summed E-state index contributed by atoms with van der Waals surface area (Å²) in [5.74, 6) is 0.821. The van der Waals surface area contributed by atoms with Gasteiger partial charge in [-0.15, -0.1) is 0 Å². The smallest absolute Gasteiger partial charge is 0.125 e. The Kier molecular flexibility index (Phi) is 3.03. The first-order chi connectivity index (χ1) is 8.84. The van der Waals surface area contributed by atoms with E-state index in [2.05, 4.69) is 12.1 Å². The summed E-state index contributed by atoms with van der Waals surface area (Å²) in [6.07, 6.45) is 1.28. The molecule has 2 aromatic carbocycles. The van der Waals surface area contributed by atoms with Crippen LogP contribution in [0.25, 0.3) is 11.1 Å². The molecule has 0 aliphatic carbocycles. The highest BCUT2D eigenvalue weighted by Gasteiger charge is 2.17. The lowest BCUT2D eigenvalue weighted by molar-refractivity contribution is 0.167. The van der Waals surface area contributed by atoms with Crippen LogP contribution >= 0.6 is 0 Å². The Morgan fingerprint density at radius 2 is 1.83 bits per heavy atom. The van der Waals surface area contributed by atoms with Crippen LogP contribution in [0.5, 0.6) is 5.75 Å². The van der Waals surface area contributed by atoms with Gasteiger partial charge in [-0.25, -0.2) is 0 Å². The van der Waals surface area contributed by atoms with Gasteiger partial charge in [0.15, 0.2) is 0 Å². The van der Waals surface area contributed by atoms with E-state index in [4.69, 9.17) is 4.74 Å². The third kappa shape index (κ3) is 2.12. The van der Waals surface area contributed by atoms with Gasteiger partial charge in [0, 0.05) is 5.56 Å². The van der Waals surface area contributed by atoms with Crippen LogP contribution in [0.2, 0.25) is 0 Å². The fourth-order valence-electron chi connectivity index (χ4n) is 2.36. The van der Waals surface area contributed by atoms with Crippen molar-refractivity contribution >= 4 is 0 Å². The predicted molar refractivity (Wildman–Crippen MR) is 71.6 cm³/mol. The van der Waals surface area contributed by atoms with Crippen molar-refractivity contribution in [2.75, 3.05) is 6.61 Å². The molecule has 0 fully saturated rings. The van der Waals surface area contributed by atoms with Crippen molar-refractivity contribution in [2.24, 2.45) is 0 Å². The second kappa shape index (κ2) is 4.83. The molecule has 2 aromatic rings. The zero-order chi connectivity index (χ0) is 12.4. The summed E-state index contributed by atoms with van der Waals surface area (Å²) in [5, 5.41) is 10.0. The van der Waals surface area contributed by atoms with E-state index in [9.17, 15) is 5.11 Å². The average molecular weight is 240 g/mol. The van der Waals surface area contributed by atoms with E-state index >= 15 is 0 Å². The summed E-state index contributed by atoms with van der Waals surface area (Å²) in [5.41, 5.74) is 3.21. The van der Waals surface area contributed by atoms with Gasteiger partial charge in [-0.3, -0.25) is 0 Å². The van der Waals surface area contributed by atoms with E-state index in [1.54, 1.807) is 0 Å². The molecule has 18 heavy (non-hydrogen) atoms. The van der Waals surface area contributed by atoms with Gasteiger partial charge in [0.25, 0.3) is 0 Å². The Balaban J connectivity index is 2.03. The second-order valence-corrected chi connectivity index (χ2v) is 4.63. The molecule has 0 saturated heterocycles. The van der Waals surface area contributed by atoms with E-state index in [-0.39, 0.29) is 0 Å². The van der Waals surface area contributed by atoms with Crippen molar-refractivity contribution < 1.29 is 9.84 Å². The van der Waals surface area contributed by atoms with E-state index < -0.39 is 6.10 Å². The van der Waals surface area contributed by atoms with Crippen LogP contribution in [0, 0.1) is 0 Å². The van der Waals surface area contributed by atoms with Crippen LogP contribution in [0.3, 0.4) is 0 Å². The van der Waals surface area contributed by atoms with Gasteiger partial charge in [0.2, 0.25) is 0 Å².